The van der Waals surface area contributed by atoms with Crippen LogP contribution in [0.2, 0.25) is 10.0 Å². The zero-order valence-corrected chi connectivity index (χ0v) is 18.9. The Balaban J connectivity index is 1.87. The predicted octanol–water partition coefficient (Wildman–Crippen LogP) is 6.97. The minimum Gasteiger partial charge on any atom is -0.319 e. The van der Waals surface area contributed by atoms with Crippen LogP contribution in [0.3, 0.4) is 0 Å². The van der Waals surface area contributed by atoms with Crippen molar-refractivity contribution >= 4 is 46.4 Å². The highest BCUT2D eigenvalue weighted by Gasteiger charge is 2.39. The number of alkyl halides is 3. The summed E-state index contributed by atoms with van der Waals surface area (Å²) < 4.78 is 93.6. The van der Waals surface area contributed by atoms with E-state index in [4.69, 9.17) is 23.2 Å². The van der Waals surface area contributed by atoms with Crippen molar-refractivity contribution in [3.05, 3.63) is 98.0 Å². The maximum atomic E-state index is 15.0. The molecule has 3 aromatic carbocycles. The van der Waals surface area contributed by atoms with Crippen LogP contribution in [0.4, 0.5) is 36.4 Å². The van der Waals surface area contributed by atoms with E-state index in [0.717, 1.165) is 18.2 Å². The Hall–Kier alpha value is -3.44. The number of ketones is 2. The Morgan fingerprint density at radius 2 is 1.42 bits per heavy atom. The molecule has 36 heavy (non-hydrogen) atoms. The average molecular weight is 552 g/mol. The molecule has 0 fully saturated rings. The van der Waals surface area contributed by atoms with Crippen molar-refractivity contribution in [1.29, 1.82) is 0 Å². The number of carbonyl (C=O) groups excluding carboxylic acids is 3. The predicted molar refractivity (Wildman–Crippen MR) is 116 cm³/mol. The summed E-state index contributed by atoms with van der Waals surface area (Å²) in [5, 5.41) is 0.954. The number of nitrogens with one attached hydrogen (secondary N) is 1. The van der Waals surface area contributed by atoms with Crippen molar-refractivity contribution in [2.45, 2.75) is 12.6 Å². The van der Waals surface area contributed by atoms with Crippen molar-refractivity contribution in [1.82, 2.24) is 0 Å². The molecule has 1 N–H and O–H groups in total. The van der Waals surface area contributed by atoms with Gasteiger partial charge in [0.1, 0.15) is 23.0 Å². The summed E-state index contributed by atoms with van der Waals surface area (Å²) in [4.78, 5) is 36.3. The molecule has 0 atom stereocenters. The lowest BCUT2D eigenvalue weighted by molar-refractivity contribution is -0.0885. The summed E-state index contributed by atoms with van der Waals surface area (Å²) in [6, 6.07) is 4.90. The monoisotopic (exact) mass is 551 g/mol. The molecule has 3 aromatic rings. The zero-order chi connectivity index (χ0) is 26.9. The molecular formula is C23H10Cl2F7NO3. The van der Waals surface area contributed by atoms with Crippen molar-refractivity contribution < 1.29 is 45.1 Å². The quantitative estimate of drug-likeness (QED) is 0.266. The Bertz CT molecular complexity index is 1360. The molecule has 0 spiro atoms. The first-order valence-corrected chi connectivity index (χ1v) is 10.3. The minimum absolute atomic E-state index is 0.202. The fourth-order valence-electron chi connectivity index (χ4n) is 3.11. The molecule has 0 aliphatic rings. The molecule has 0 bridgehead atoms. The van der Waals surface area contributed by atoms with Crippen molar-refractivity contribution in [2.24, 2.45) is 0 Å². The standard InChI is InChI=1S/C23H10Cl2F7NO3/c24-13-4-9(21(35)23(30,31)32)5-14(25)12(13)8-18(34)11-2-1-3-17(20(11)29)33-22(36)19-15(27)6-10(26)7-16(19)28/h1-7H,8H2,(H,33,36). The molecule has 0 aliphatic carbocycles. The van der Waals surface area contributed by atoms with Crippen LogP contribution in [-0.2, 0) is 6.42 Å². The lowest BCUT2D eigenvalue weighted by atomic mass is 9.99. The molecule has 0 aliphatic heterocycles. The molecule has 0 unspecified atom stereocenters. The number of hydrogen-bond acceptors (Lipinski definition) is 3. The molecule has 0 saturated heterocycles. The van der Waals surface area contributed by atoms with Crippen LogP contribution in [-0.4, -0.2) is 23.6 Å². The molecule has 4 nitrogen and oxygen atoms in total. The second kappa shape index (κ2) is 10.3. The van der Waals surface area contributed by atoms with Gasteiger partial charge in [-0.2, -0.15) is 13.2 Å². The van der Waals surface area contributed by atoms with Crippen LogP contribution in [0.25, 0.3) is 0 Å². The number of anilines is 1. The number of benzene rings is 3. The summed E-state index contributed by atoms with van der Waals surface area (Å²) in [6.07, 6.45) is -5.91. The zero-order valence-electron chi connectivity index (χ0n) is 17.4. The van der Waals surface area contributed by atoms with Crippen LogP contribution in [0.1, 0.15) is 36.6 Å². The molecule has 0 heterocycles. The first-order chi connectivity index (χ1) is 16.7. The molecule has 188 valence electrons. The van der Waals surface area contributed by atoms with Gasteiger partial charge in [0.25, 0.3) is 11.7 Å². The van der Waals surface area contributed by atoms with Gasteiger partial charge in [-0.3, -0.25) is 14.4 Å². The highest BCUT2D eigenvalue weighted by molar-refractivity contribution is 6.37. The Labute approximate surface area is 207 Å². The first kappa shape index (κ1) is 27.2. The van der Waals surface area contributed by atoms with Crippen molar-refractivity contribution in [2.75, 3.05) is 5.32 Å². The maximum absolute atomic E-state index is 15.0. The van der Waals surface area contributed by atoms with Gasteiger partial charge < -0.3 is 5.32 Å². The van der Waals surface area contributed by atoms with Gasteiger partial charge >= 0.3 is 6.18 Å². The topological polar surface area (TPSA) is 63.2 Å². The van der Waals surface area contributed by atoms with Crippen LogP contribution < -0.4 is 5.32 Å². The second-order valence-corrected chi connectivity index (χ2v) is 8.03. The van der Waals surface area contributed by atoms with E-state index in [-0.39, 0.29) is 17.7 Å². The van der Waals surface area contributed by atoms with Crippen LogP contribution in [0.15, 0.2) is 42.5 Å². The maximum Gasteiger partial charge on any atom is 0.454 e. The number of halogens is 9. The van der Waals surface area contributed by atoms with Crippen molar-refractivity contribution in [3.63, 3.8) is 0 Å². The Kier molecular flexibility index (Phi) is 7.75. The number of amides is 1. The van der Waals surface area contributed by atoms with Gasteiger partial charge in [-0.1, -0.05) is 29.3 Å². The number of carbonyl (C=O) groups is 3. The normalized spacial score (nSPS) is 11.4. The van der Waals surface area contributed by atoms with E-state index < -0.39 is 85.8 Å². The Morgan fingerprint density at radius 1 is 0.861 bits per heavy atom. The SMILES string of the molecule is O=C(Cc1c(Cl)cc(C(=O)C(F)(F)F)cc1Cl)c1cccc(NC(=O)c2c(F)cc(F)cc2F)c1F. The molecule has 0 radical (unpaired) electrons. The highest BCUT2D eigenvalue weighted by atomic mass is 35.5. The van der Waals surface area contributed by atoms with E-state index in [1.807, 2.05) is 5.32 Å². The third-order valence-corrected chi connectivity index (χ3v) is 5.45. The van der Waals surface area contributed by atoms with Gasteiger partial charge in [-0.15, -0.1) is 0 Å². The van der Waals surface area contributed by atoms with Gasteiger partial charge in [0.2, 0.25) is 0 Å². The molecular weight excluding hydrogens is 542 g/mol. The van der Waals surface area contributed by atoms with Gasteiger partial charge in [0, 0.05) is 34.2 Å². The number of rotatable bonds is 6. The lowest BCUT2D eigenvalue weighted by Crippen LogP contribution is -2.23. The minimum atomic E-state index is -5.20. The fraction of sp³-hybridized carbons (Fsp3) is 0.0870. The van der Waals surface area contributed by atoms with E-state index >= 15 is 0 Å². The summed E-state index contributed by atoms with van der Waals surface area (Å²) in [6.45, 7) is 0. The summed E-state index contributed by atoms with van der Waals surface area (Å²) in [7, 11) is 0. The van der Waals surface area contributed by atoms with Crippen molar-refractivity contribution in [3.8, 4) is 0 Å². The largest absolute Gasteiger partial charge is 0.454 e. The van der Waals surface area contributed by atoms with Gasteiger partial charge in [0.15, 0.2) is 11.6 Å². The lowest BCUT2D eigenvalue weighted by Gasteiger charge is -2.12. The molecule has 1 amide bonds. The first-order valence-electron chi connectivity index (χ1n) is 9.57. The van der Waals surface area contributed by atoms with E-state index in [1.165, 1.54) is 0 Å². The molecule has 13 heteroatoms. The van der Waals surface area contributed by atoms with E-state index in [9.17, 15) is 45.1 Å². The average Bonchev–Trinajstić information content (AvgIpc) is 2.75. The smallest absolute Gasteiger partial charge is 0.319 e. The van der Waals surface area contributed by atoms with Crippen LogP contribution in [0, 0.1) is 23.3 Å². The summed E-state index contributed by atoms with van der Waals surface area (Å²) >= 11 is 11.8. The van der Waals surface area contributed by atoms with E-state index in [0.29, 0.717) is 12.1 Å². The third kappa shape index (κ3) is 5.68. The van der Waals surface area contributed by atoms with E-state index in [1.54, 1.807) is 0 Å². The second-order valence-electron chi connectivity index (χ2n) is 7.21. The van der Waals surface area contributed by atoms with Crippen LogP contribution >= 0.6 is 23.2 Å². The fourth-order valence-corrected chi connectivity index (χ4v) is 3.73. The van der Waals surface area contributed by atoms with Crippen LogP contribution in [0.5, 0.6) is 0 Å². The number of hydrogen-bond donors (Lipinski definition) is 1. The summed E-state index contributed by atoms with van der Waals surface area (Å²) in [5.74, 6) is -10.4. The van der Waals surface area contributed by atoms with Gasteiger partial charge in [-0.25, -0.2) is 17.6 Å². The molecule has 0 saturated carbocycles. The Morgan fingerprint density at radius 3 is 1.94 bits per heavy atom. The van der Waals surface area contributed by atoms with Gasteiger partial charge in [0.05, 0.1) is 11.3 Å². The number of Topliss-reactive ketones (excluding diaryl/α,β-unsaturated/α-hetero) is 2. The van der Waals surface area contributed by atoms with Gasteiger partial charge in [-0.05, 0) is 29.8 Å². The third-order valence-electron chi connectivity index (χ3n) is 4.78. The highest BCUT2D eigenvalue weighted by Crippen LogP contribution is 2.32. The molecule has 3 rings (SSSR count). The summed E-state index contributed by atoms with van der Waals surface area (Å²) in [5.41, 5.74) is -3.55. The molecule has 0 aromatic heterocycles. The van der Waals surface area contributed by atoms with E-state index in [2.05, 4.69) is 0 Å².